The van der Waals surface area contributed by atoms with Gasteiger partial charge in [0.1, 0.15) is 11.5 Å². The first-order valence-corrected chi connectivity index (χ1v) is 6.76. The number of rotatable bonds is 5. The van der Waals surface area contributed by atoms with Gasteiger partial charge in [-0.2, -0.15) is 0 Å². The van der Waals surface area contributed by atoms with Gasteiger partial charge in [-0.25, -0.2) is 0 Å². The Morgan fingerprint density at radius 3 is 2.62 bits per heavy atom. The summed E-state index contributed by atoms with van der Waals surface area (Å²) in [7, 11) is 3.15. The predicted octanol–water partition coefficient (Wildman–Crippen LogP) is 3.54. The molecular formula is C16H16ClNO3. The van der Waals surface area contributed by atoms with Crippen molar-refractivity contribution in [2.24, 2.45) is 0 Å². The lowest BCUT2D eigenvalue weighted by molar-refractivity contribution is -0.115. The summed E-state index contributed by atoms with van der Waals surface area (Å²) in [6.45, 7) is 0. The van der Waals surface area contributed by atoms with E-state index >= 15 is 0 Å². The first kappa shape index (κ1) is 15.2. The first-order valence-electron chi connectivity index (χ1n) is 6.38. The molecule has 0 spiro atoms. The fourth-order valence-electron chi connectivity index (χ4n) is 1.96. The Bertz CT molecular complexity index is 643. The number of carbonyl (C=O) groups is 1. The number of nitrogens with one attached hydrogen (secondary N) is 1. The molecular weight excluding hydrogens is 290 g/mol. The molecule has 1 N–H and O–H groups in total. The van der Waals surface area contributed by atoms with Gasteiger partial charge in [0.2, 0.25) is 5.91 Å². The van der Waals surface area contributed by atoms with Gasteiger partial charge >= 0.3 is 0 Å². The molecule has 0 saturated carbocycles. The summed E-state index contributed by atoms with van der Waals surface area (Å²) in [5.41, 5.74) is 1.42. The highest BCUT2D eigenvalue weighted by Crippen LogP contribution is 2.25. The predicted molar refractivity (Wildman–Crippen MR) is 83.3 cm³/mol. The van der Waals surface area contributed by atoms with Crippen molar-refractivity contribution >= 4 is 23.2 Å². The molecule has 0 radical (unpaired) electrons. The number of anilines is 1. The third-order valence-electron chi connectivity index (χ3n) is 2.95. The highest BCUT2D eigenvalue weighted by molar-refractivity contribution is 6.30. The van der Waals surface area contributed by atoms with Gasteiger partial charge in [-0.05, 0) is 36.4 Å². The van der Waals surface area contributed by atoms with Crippen molar-refractivity contribution in [1.82, 2.24) is 0 Å². The van der Waals surface area contributed by atoms with Gasteiger partial charge in [-0.1, -0.05) is 17.7 Å². The second kappa shape index (κ2) is 6.99. The van der Waals surface area contributed by atoms with Crippen molar-refractivity contribution in [3.05, 3.63) is 53.1 Å². The van der Waals surface area contributed by atoms with Crippen LogP contribution >= 0.6 is 11.6 Å². The summed E-state index contributed by atoms with van der Waals surface area (Å²) in [5, 5.41) is 3.38. The molecule has 0 aliphatic carbocycles. The van der Waals surface area contributed by atoms with Crippen LogP contribution in [0.25, 0.3) is 0 Å². The van der Waals surface area contributed by atoms with Crippen molar-refractivity contribution in [3.8, 4) is 11.5 Å². The SMILES string of the molecule is COc1ccc(OC)c(CC(=O)Nc2cccc(Cl)c2)c1. The van der Waals surface area contributed by atoms with E-state index in [1.54, 1.807) is 56.7 Å². The fourth-order valence-corrected chi connectivity index (χ4v) is 2.15. The lowest BCUT2D eigenvalue weighted by Crippen LogP contribution is -2.15. The van der Waals surface area contributed by atoms with Crippen LogP contribution in [0, 0.1) is 0 Å². The van der Waals surface area contributed by atoms with E-state index in [0.717, 1.165) is 5.56 Å². The maximum absolute atomic E-state index is 12.1. The molecule has 5 heteroatoms. The Morgan fingerprint density at radius 2 is 1.95 bits per heavy atom. The molecule has 0 aliphatic rings. The molecule has 1 amide bonds. The minimum atomic E-state index is -0.149. The van der Waals surface area contributed by atoms with E-state index in [0.29, 0.717) is 22.2 Å². The van der Waals surface area contributed by atoms with E-state index in [9.17, 15) is 4.79 Å². The number of hydrogen-bond acceptors (Lipinski definition) is 3. The van der Waals surface area contributed by atoms with Crippen molar-refractivity contribution in [2.45, 2.75) is 6.42 Å². The van der Waals surface area contributed by atoms with E-state index in [1.165, 1.54) is 0 Å². The van der Waals surface area contributed by atoms with Crippen molar-refractivity contribution in [3.63, 3.8) is 0 Å². The molecule has 0 aliphatic heterocycles. The number of hydrogen-bond donors (Lipinski definition) is 1. The minimum absolute atomic E-state index is 0.149. The van der Waals surface area contributed by atoms with Crippen LogP contribution in [0.5, 0.6) is 11.5 Å². The maximum atomic E-state index is 12.1. The monoisotopic (exact) mass is 305 g/mol. The number of halogens is 1. The van der Waals surface area contributed by atoms with Crippen LogP contribution in [-0.4, -0.2) is 20.1 Å². The van der Waals surface area contributed by atoms with Gasteiger partial charge in [0.15, 0.2) is 0 Å². The standard InChI is InChI=1S/C16H16ClNO3/c1-20-14-6-7-15(21-2)11(8-14)9-16(19)18-13-5-3-4-12(17)10-13/h3-8,10H,9H2,1-2H3,(H,18,19). The van der Waals surface area contributed by atoms with Crippen molar-refractivity contribution in [1.29, 1.82) is 0 Å². The molecule has 21 heavy (non-hydrogen) atoms. The summed E-state index contributed by atoms with van der Waals surface area (Å²) in [6.07, 6.45) is 0.187. The van der Waals surface area contributed by atoms with Crippen LogP contribution in [0.1, 0.15) is 5.56 Å². The Hall–Kier alpha value is -2.20. The average Bonchev–Trinajstić information content (AvgIpc) is 2.47. The molecule has 2 aromatic rings. The van der Waals surface area contributed by atoms with E-state index in [2.05, 4.69) is 5.32 Å². The van der Waals surface area contributed by atoms with Gasteiger partial charge in [0.05, 0.1) is 20.6 Å². The molecule has 110 valence electrons. The van der Waals surface area contributed by atoms with E-state index in [-0.39, 0.29) is 12.3 Å². The smallest absolute Gasteiger partial charge is 0.228 e. The Balaban J connectivity index is 2.12. The van der Waals surface area contributed by atoms with Crippen LogP contribution in [0.15, 0.2) is 42.5 Å². The van der Waals surface area contributed by atoms with Crippen LogP contribution in [0.4, 0.5) is 5.69 Å². The molecule has 0 atom stereocenters. The number of methoxy groups -OCH3 is 2. The maximum Gasteiger partial charge on any atom is 0.228 e. The third-order valence-corrected chi connectivity index (χ3v) is 3.18. The van der Waals surface area contributed by atoms with E-state index in [1.807, 2.05) is 0 Å². The van der Waals surface area contributed by atoms with Crippen LogP contribution < -0.4 is 14.8 Å². The normalized spacial score (nSPS) is 10.0. The molecule has 0 aromatic heterocycles. The molecule has 2 aromatic carbocycles. The van der Waals surface area contributed by atoms with Gasteiger partial charge in [-0.3, -0.25) is 4.79 Å². The lowest BCUT2D eigenvalue weighted by Gasteiger charge is -2.11. The summed E-state index contributed by atoms with van der Waals surface area (Å²) in [6, 6.07) is 12.4. The zero-order valence-electron chi connectivity index (χ0n) is 11.9. The van der Waals surface area contributed by atoms with Crippen LogP contribution in [-0.2, 0) is 11.2 Å². The fraction of sp³-hybridized carbons (Fsp3) is 0.188. The Labute approximate surface area is 128 Å². The summed E-state index contributed by atoms with van der Waals surface area (Å²) >= 11 is 5.89. The van der Waals surface area contributed by atoms with Crippen LogP contribution in [0.3, 0.4) is 0 Å². The molecule has 0 unspecified atom stereocenters. The molecule has 4 nitrogen and oxygen atoms in total. The largest absolute Gasteiger partial charge is 0.497 e. The summed E-state index contributed by atoms with van der Waals surface area (Å²) in [5.74, 6) is 1.18. The first-order chi connectivity index (χ1) is 10.1. The van der Waals surface area contributed by atoms with Crippen molar-refractivity contribution < 1.29 is 14.3 Å². The highest BCUT2D eigenvalue weighted by Gasteiger charge is 2.10. The summed E-state index contributed by atoms with van der Waals surface area (Å²) < 4.78 is 10.4. The van der Waals surface area contributed by atoms with E-state index < -0.39 is 0 Å². The molecule has 0 bridgehead atoms. The zero-order valence-corrected chi connectivity index (χ0v) is 12.6. The van der Waals surface area contributed by atoms with E-state index in [4.69, 9.17) is 21.1 Å². The lowest BCUT2D eigenvalue weighted by atomic mass is 10.1. The minimum Gasteiger partial charge on any atom is -0.497 e. The highest BCUT2D eigenvalue weighted by atomic mass is 35.5. The summed E-state index contributed by atoms with van der Waals surface area (Å²) in [4.78, 5) is 12.1. The molecule has 0 saturated heterocycles. The quantitative estimate of drug-likeness (QED) is 0.919. The zero-order chi connectivity index (χ0) is 15.2. The molecule has 0 fully saturated rings. The Kier molecular flexibility index (Phi) is 5.06. The number of ether oxygens (including phenoxy) is 2. The van der Waals surface area contributed by atoms with Gasteiger partial charge in [-0.15, -0.1) is 0 Å². The third kappa shape index (κ3) is 4.13. The number of benzene rings is 2. The molecule has 0 heterocycles. The average molecular weight is 306 g/mol. The van der Waals surface area contributed by atoms with Gasteiger partial charge in [0, 0.05) is 16.3 Å². The van der Waals surface area contributed by atoms with Gasteiger partial charge in [0.25, 0.3) is 0 Å². The number of carbonyl (C=O) groups excluding carboxylic acids is 1. The van der Waals surface area contributed by atoms with Crippen LogP contribution in [0.2, 0.25) is 5.02 Å². The number of amides is 1. The second-order valence-electron chi connectivity index (χ2n) is 4.41. The van der Waals surface area contributed by atoms with Gasteiger partial charge < -0.3 is 14.8 Å². The van der Waals surface area contributed by atoms with Crippen molar-refractivity contribution in [2.75, 3.05) is 19.5 Å². The second-order valence-corrected chi connectivity index (χ2v) is 4.85. The Morgan fingerprint density at radius 1 is 1.14 bits per heavy atom. The molecule has 2 rings (SSSR count). The topological polar surface area (TPSA) is 47.6 Å².